The van der Waals surface area contributed by atoms with E-state index in [1.54, 1.807) is 7.11 Å². The summed E-state index contributed by atoms with van der Waals surface area (Å²) >= 11 is 1.49. The summed E-state index contributed by atoms with van der Waals surface area (Å²) in [6, 6.07) is 4.00. The van der Waals surface area contributed by atoms with Crippen molar-refractivity contribution in [3.63, 3.8) is 0 Å². The number of hydrogen-bond donors (Lipinski definition) is 3. The van der Waals surface area contributed by atoms with Crippen LogP contribution in [-0.4, -0.2) is 156 Å². The predicted molar refractivity (Wildman–Crippen MR) is 221 cm³/mol. The number of likely N-dealkylation sites (tertiary alicyclic amines) is 2. The Bertz CT molecular complexity index is 1450. The lowest BCUT2D eigenvalue weighted by molar-refractivity contribution is -0.138. The maximum atomic E-state index is 13.3. The third-order valence-electron chi connectivity index (χ3n) is 9.74. The van der Waals surface area contributed by atoms with Gasteiger partial charge in [0.25, 0.3) is 5.91 Å². The topological polar surface area (TPSA) is 197 Å². The molecule has 0 radical (unpaired) electrons. The highest BCUT2D eigenvalue weighted by Crippen LogP contribution is 2.34. The van der Waals surface area contributed by atoms with Crippen molar-refractivity contribution in [3.05, 3.63) is 35.9 Å². The van der Waals surface area contributed by atoms with E-state index < -0.39 is 11.2 Å². The number of ether oxygens (including phenoxy) is 6. The smallest absolute Gasteiger partial charge is 0.255 e. The Morgan fingerprint density at radius 2 is 1.60 bits per heavy atom. The van der Waals surface area contributed by atoms with Gasteiger partial charge in [-0.1, -0.05) is 12.5 Å². The fourth-order valence-electron chi connectivity index (χ4n) is 6.71. The molecule has 1 aromatic rings. The maximum absolute atomic E-state index is 13.3. The monoisotopic (exact) mass is 835 g/mol. The van der Waals surface area contributed by atoms with E-state index in [0.717, 1.165) is 44.3 Å². The molecular weight excluding hydrogens is 771 g/mol. The maximum Gasteiger partial charge on any atom is 0.255 e. The van der Waals surface area contributed by atoms with E-state index in [1.165, 1.54) is 23.8 Å². The molecule has 2 heterocycles. The van der Waals surface area contributed by atoms with Gasteiger partial charge in [-0.25, -0.2) is 0 Å². The van der Waals surface area contributed by atoms with Gasteiger partial charge in [0.1, 0.15) is 0 Å². The van der Waals surface area contributed by atoms with Crippen LogP contribution in [-0.2, 0) is 44.5 Å². The molecule has 2 atom stereocenters. The zero-order valence-corrected chi connectivity index (χ0v) is 35.3. The van der Waals surface area contributed by atoms with Gasteiger partial charge in [0.2, 0.25) is 23.6 Å². The number of aryl methyl sites for hydroxylation is 1. The lowest BCUT2D eigenvalue weighted by Gasteiger charge is -2.23. The van der Waals surface area contributed by atoms with Crippen LogP contribution in [0.3, 0.4) is 0 Å². The lowest BCUT2D eigenvalue weighted by Crippen LogP contribution is -2.40. The number of nitrogens with one attached hydrogen (secondary N) is 2. The second-order valence-electron chi connectivity index (χ2n) is 14.0. The standard InChI is InChI=1S/C41H65N5O11S/c1-4-15-45-16-8-11-32(45)30-44-40(50)33-27-31(28-34(52-2)39(33)53-3)10-9-26-58-35-29-38(49)46(41(35)51)17-7-5-6-12-37(48)43-14-19-55-21-23-57-25-24-56-22-20-54-18-13-36(42)47/h4,27-28,32,35H,1,5-26,29-30H2,2-3H3,(H2,42,47)(H,43,48)(H,44,50)/t32-,35?/m0/s1. The number of benzene rings is 1. The highest BCUT2D eigenvalue weighted by molar-refractivity contribution is 8.00. The number of methoxy groups -OCH3 is 2. The molecular formula is C41H65N5O11S. The summed E-state index contributed by atoms with van der Waals surface area (Å²) < 4.78 is 32.6. The molecule has 16 nitrogen and oxygen atoms in total. The zero-order chi connectivity index (χ0) is 42.0. The van der Waals surface area contributed by atoms with Crippen LogP contribution in [0.5, 0.6) is 11.5 Å². The molecule has 2 fully saturated rings. The summed E-state index contributed by atoms with van der Waals surface area (Å²) in [5.41, 5.74) is 6.38. The van der Waals surface area contributed by atoms with Crippen molar-refractivity contribution < 1.29 is 52.4 Å². The van der Waals surface area contributed by atoms with Crippen molar-refractivity contribution in [2.75, 3.05) is 106 Å². The van der Waals surface area contributed by atoms with Crippen LogP contribution in [0.25, 0.3) is 0 Å². The Hall–Kier alpha value is -3.74. The molecule has 0 aromatic heterocycles. The third kappa shape index (κ3) is 18.0. The molecule has 0 bridgehead atoms. The fraction of sp³-hybridized carbons (Fsp3) is 0.683. The molecule has 1 aromatic carbocycles. The van der Waals surface area contributed by atoms with Crippen LogP contribution in [0.4, 0.5) is 0 Å². The van der Waals surface area contributed by atoms with Crippen molar-refractivity contribution in [3.8, 4) is 11.5 Å². The number of carbonyl (C=O) groups is 5. The molecule has 0 saturated carbocycles. The number of amides is 5. The molecule has 5 amide bonds. The van der Waals surface area contributed by atoms with E-state index in [1.807, 2.05) is 18.2 Å². The number of primary amides is 1. The van der Waals surface area contributed by atoms with Gasteiger partial charge in [0, 0.05) is 51.5 Å². The molecule has 326 valence electrons. The first-order chi connectivity index (χ1) is 28.2. The van der Waals surface area contributed by atoms with Crippen molar-refractivity contribution >= 4 is 41.3 Å². The molecule has 3 rings (SSSR count). The normalized spacial score (nSPS) is 16.8. The lowest BCUT2D eigenvalue weighted by atomic mass is 10.0. The van der Waals surface area contributed by atoms with Crippen LogP contribution in [0.2, 0.25) is 0 Å². The molecule has 0 aliphatic carbocycles. The first kappa shape index (κ1) is 48.6. The number of hydrogen-bond acceptors (Lipinski definition) is 13. The number of nitrogens with two attached hydrogens (primary N) is 1. The van der Waals surface area contributed by atoms with E-state index in [-0.39, 0.29) is 49.1 Å². The van der Waals surface area contributed by atoms with Crippen LogP contribution in [0.15, 0.2) is 24.8 Å². The van der Waals surface area contributed by atoms with Gasteiger partial charge in [-0.3, -0.25) is 33.8 Å². The predicted octanol–water partition coefficient (Wildman–Crippen LogP) is 2.50. The second-order valence-corrected chi connectivity index (χ2v) is 15.4. The largest absolute Gasteiger partial charge is 0.493 e. The van der Waals surface area contributed by atoms with Gasteiger partial charge in [-0.15, -0.1) is 18.3 Å². The van der Waals surface area contributed by atoms with Gasteiger partial charge in [-0.05, 0) is 68.5 Å². The summed E-state index contributed by atoms with van der Waals surface area (Å²) in [5, 5.41) is 5.52. The van der Waals surface area contributed by atoms with Crippen molar-refractivity contribution in [1.82, 2.24) is 20.4 Å². The summed E-state index contributed by atoms with van der Waals surface area (Å²) in [6.07, 6.45) is 8.19. The van der Waals surface area contributed by atoms with E-state index in [0.29, 0.717) is 114 Å². The Morgan fingerprint density at radius 1 is 0.897 bits per heavy atom. The van der Waals surface area contributed by atoms with Gasteiger partial charge in [0.05, 0.1) is 77.9 Å². The molecule has 1 unspecified atom stereocenters. The number of rotatable bonds is 33. The average Bonchev–Trinajstić information content (AvgIpc) is 3.77. The average molecular weight is 836 g/mol. The highest BCUT2D eigenvalue weighted by atomic mass is 32.2. The van der Waals surface area contributed by atoms with Crippen molar-refractivity contribution in [2.45, 2.75) is 75.5 Å². The Labute approximate surface area is 347 Å². The Kier molecular flexibility index (Phi) is 24.0. The van der Waals surface area contributed by atoms with Crippen molar-refractivity contribution in [2.24, 2.45) is 5.73 Å². The first-order valence-electron chi connectivity index (χ1n) is 20.4. The van der Waals surface area contributed by atoms with Crippen molar-refractivity contribution in [1.29, 1.82) is 0 Å². The number of thioether (sulfide) groups is 1. The van der Waals surface area contributed by atoms with Gasteiger partial charge < -0.3 is 44.8 Å². The summed E-state index contributed by atoms with van der Waals surface area (Å²) in [6.45, 7) is 10.0. The first-order valence-corrected chi connectivity index (χ1v) is 21.4. The summed E-state index contributed by atoms with van der Waals surface area (Å²) in [7, 11) is 3.07. The molecule has 2 saturated heterocycles. The van der Waals surface area contributed by atoms with Crippen LogP contribution < -0.4 is 25.8 Å². The zero-order valence-electron chi connectivity index (χ0n) is 34.4. The molecule has 17 heteroatoms. The minimum absolute atomic E-state index is 0.0664. The van der Waals surface area contributed by atoms with E-state index >= 15 is 0 Å². The van der Waals surface area contributed by atoms with E-state index in [4.69, 9.17) is 34.2 Å². The molecule has 58 heavy (non-hydrogen) atoms. The minimum atomic E-state index is -0.401. The molecule has 4 N–H and O–H groups in total. The van der Waals surface area contributed by atoms with Gasteiger partial charge >= 0.3 is 0 Å². The van der Waals surface area contributed by atoms with Crippen LogP contribution in [0, 0.1) is 0 Å². The Morgan fingerprint density at radius 3 is 2.28 bits per heavy atom. The number of unbranched alkanes of at least 4 members (excludes halogenated alkanes) is 2. The third-order valence-corrected chi connectivity index (χ3v) is 11.0. The Balaban J connectivity index is 1.23. The minimum Gasteiger partial charge on any atom is -0.493 e. The molecule has 2 aliphatic heterocycles. The highest BCUT2D eigenvalue weighted by Gasteiger charge is 2.38. The second kappa shape index (κ2) is 28.6. The van der Waals surface area contributed by atoms with Crippen LogP contribution in [0.1, 0.15) is 73.7 Å². The van der Waals surface area contributed by atoms with Gasteiger partial charge in [-0.2, -0.15) is 0 Å². The fourth-order valence-corrected chi connectivity index (χ4v) is 7.84. The van der Waals surface area contributed by atoms with E-state index in [2.05, 4.69) is 22.1 Å². The quantitative estimate of drug-likeness (QED) is 0.0531. The van der Waals surface area contributed by atoms with E-state index in [9.17, 15) is 24.0 Å². The van der Waals surface area contributed by atoms with Gasteiger partial charge in [0.15, 0.2) is 11.5 Å². The number of carbonyl (C=O) groups excluding carboxylic acids is 5. The summed E-state index contributed by atoms with van der Waals surface area (Å²) in [4.78, 5) is 65.6. The number of nitrogens with zero attached hydrogens (tertiary/aromatic N) is 2. The molecule has 2 aliphatic rings. The van der Waals surface area contributed by atoms with Crippen LogP contribution >= 0.6 is 11.8 Å². The number of imide groups is 1. The molecule has 0 spiro atoms. The summed E-state index contributed by atoms with van der Waals surface area (Å²) in [5.74, 6) is 0.585. The SMILES string of the molecule is C=CCN1CCC[C@H]1CNC(=O)c1cc(CCCSC2CC(=O)N(CCCCCC(=O)NCCOCCOCCOCCOCCC(N)=O)C2=O)cc(OC)c1OC.